The largest absolute Gasteiger partial charge is 0.495 e. The molecule has 2 amide bonds. The molecular formula is C24H24N2O5. The van der Waals surface area contributed by atoms with Crippen molar-refractivity contribution in [2.24, 2.45) is 0 Å². The third-order valence-electron chi connectivity index (χ3n) is 5.81. The summed E-state index contributed by atoms with van der Waals surface area (Å²) in [5, 5.41) is 2.93. The molecule has 2 aliphatic heterocycles. The van der Waals surface area contributed by atoms with E-state index in [0.29, 0.717) is 44.0 Å². The minimum Gasteiger partial charge on any atom is -0.495 e. The summed E-state index contributed by atoms with van der Waals surface area (Å²) in [5.74, 6) is 1.58. The number of nitrogens with zero attached hydrogens (tertiary/aromatic N) is 1. The molecule has 1 fully saturated rings. The summed E-state index contributed by atoms with van der Waals surface area (Å²) in [6.07, 6.45) is 2.87. The molecule has 1 saturated heterocycles. The van der Waals surface area contributed by atoms with Crippen LogP contribution >= 0.6 is 0 Å². The number of nitrogens with one attached hydrogen (secondary N) is 1. The first-order valence-electron chi connectivity index (χ1n) is 10.3. The van der Waals surface area contributed by atoms with Gasteiger partial charge < -0.3 is 28.8 Å². The van der Waals surface area contributed by atoms with Crippen LogP contribution in [0.3, 0.4) is 0 Å². The smallest absolute Gasteiger partial charge is 0.321 e. The number of hydrogen-bond donors (Lipinski definition) is 1. The van der Waals surface area contributed by atoms with Gasteiger partial charge in [0.05, 0.1) is 25.7 Å². The lowest BCUT2D eigenvalue weighted by molar-refractivity contribution is -0.225. The summed E-state index contributed by atoms with van der Waals surface area (Å²) in [6.45, 7) is 1.55. The van der Waals surface area contributed by atoms with Crippen LogP contribution in [0.5, 0.6) is 11.5 Å². The van der Waals surface area contributed by atoms with Gasteiger partial charge in [0.2, 0.25) is 5.79 Å². The van der Waals surface area contributed by atoms with Gasteiger partial charge in [-0.25, -0.2) is 4.79 Å². The molecule has 0 bridgehead atoms. The van der Waals surface area contributed by atoms with Gasteiger partial charge in [-0.3, -0.25) is 0 Å². The summed E-state index contributed by atoms with van der Waals surface area (Å²) >= 11 is 0. The van der Waals surface area contributed by atoms with Gasteiger partial charge in [0, 0.05) is 37.1 Å². The second-order valence-electron chi connectivity index (χ2n) is 7.72. The average molecular weight is 420 g/mol. The number of anilines is 1. The molecule has 0 saturated carbocycles. The van der Waals surface area contributed by atoms with Crippen molar-refractivity contribution in [3.8, 4) is 22.8 Å². The third kappa shape index (κ3) is 3.84. The molecule has 1 N–H and O–H groups in total. The zero-order valence-corrected chi connectivity index (χ0v) is 17.3. The van der Waals surface area contributed by atoms with Crippen molar-refractivity contribution in [2.75, 3.05) is 25.5 Å². The lowest BCUT2D eigenvalue weighted by Gasteiger charge is -2.43. The number of fused-ring (bicyclic) bond motifs is 1. The van der Waals surface area contributed by atoms with Gasteiger partial charge in [0.25, 0.3) is 0 Å². The summed E-state index contributed by atoms with van der Waals surface area (Å²) in [7, 11) is 1.59. The number of piperidine rings is 1. The van der Waals surface area contributed by atoms with Gasteiger partial charge in [-0.05, 0) is 42.5 Å². The normalized spacial score (nSPS) is 17.0. The average Bonchev–Trinajstić information content (AvgIpc) is 3.35. The molecule has 3 heterocycles. The molecule has 0 atom stereocenters. The molecule has 0 unspecified atom stereocenters. The predicted molar refractivity (Wildman–Crippen MR) is 115 cm³/mol. The van der Waals surface area contributed by atoms with Crippen LogP contribution in [0.25, 0.3) is 11.3 Å². The lowest BCUT2D eigenvalue weighted by Crippen LogP contribution is -2.53. The van der Waals surface area contributed by atoms with E-state index in [-0.39, 0.29) is 6.03 Å². The van der Waals surface area contributed by atoms with E-state index in [2.05, 4.69) is 5.32 Å². The number of carbonyl (C=O) groups is 1. The summed E-state index contributed by atoms with van der Waals surface area (Å²) in [4.78, 5) is 14.5. The predicted octanol–water partition coefficient (Wildman–Crippen LogP) is 4.89. The molecule has 5 rings (SSSR count). The number of ether oxygens (including phenoxy) is 3. The Morgan fingerprint density at radius 1 is 1.10 bits per heavy atom. The van der Waals surface area contributed by atoms with Gasteiger partial charge in [-0.15, -0.1) is 0 Å². The van der Waals surface area contributed by atoms with Crippen LogP contribution in [0, 0.1) is 0 Å². The number of likely N-dealkylation sites (tertiary alicyclic amines) is 1. The van der Waals surface area contributed by atoms with E-state index in [0.717, 1.165) is 22.6 Å². The molecule has 7 nitrogen and oxygen atoms in total. The quantitative estimate of drug-likeness (QED) is 0.653. The number of carbonyl (C=O) groups excluding carboxylic acids is 1. The fraction of sp³-hybridized carbons (Fsp3) is 0.292. The van der Waals surface area contributed by atoms with Crippen molar-refractivity contribution in [1.29, 1.82) is 0 Å². The van der Waals surface area contributed by atoms with Crippen LogP contribution in [0.1, 0.15) is 18.4 Å². The highest BCUT2D eigenvalue weighted by Crippen LogP contribution is 2.39. The van der Waals surface area contributed by atoms with Gasteiger partial charge in [-0.2, -0.15) is 0 Å². The number of para-hydroxylation sites is 2. The number of methoxy groups -OCH3 is 1. The second kappa shape index (κ2) is 8.00. The van der Waals surface area contributed by atoms with Crippen LogP contribution in [0.15, 0.2) is 65.3 Å². The molecule has 31 heavy (non-hydrogen) atoms. The molecule has 160 valence electrons. The number of urea groups is 1. The van der Waals surface area contributed by atoms with E-state index in [4.69, 9.17) is 18.6 Å². The fourth-order valence-electron chi connectivity index (χ4n) is 4.07. The van der Waals surface area contributed by atoms with E-state index >= 15 is 0 Å². The number of benzene rings is 2. The Balaban J connectivity index is 1.23. The first-order valence-corrected chi connectivity index (χ1v) is 10.3. The third-order valence-corrected chi connectivity index (χ3v) is 5.81. The van der Waals surface area contributed by atoms with Crippen LogP contribution in [0.4, 0.5) is 10.5 Å². The van der Waals surface area contributed by atoms with Crippen LogP contribution < -0.4 is 14.8 Å². The maximum atomic E-state index is 12.7. The van der Waals surface area contributed by atoms with Crippen LogP contribution in [-0.2, 0) is 11.3 Å². The number of amides is 2. The van der Waals surface area contributed by atoms with Crippen molar-refractivity contribution in [1.82, 2.24) is 4.90 Å². The fourth-order valence-corrected chi connectivity index (χ4v) is 4.07. The molecule has 0 aliphatic carbocycles. The standard InChI is InChI=1S/C24H24N2O5/c1-28-22-6-3-2-5-19(22)25-23(27)26-12-10-24(11-13-26)30-16-18-15-17(8-9-21(18)31-24)20-7-4-14-29-20/h2-9,14-15H,10-13,16H2,1H3,(H,25,27). The zero-order valence-electron chi connectivity index (χ0n) is 17.3. The van der Waals surface area contributed by atoms with Crippen molar-refractivity contribution < 1.29 is 23.4 Å². The molecule has 2 aliphatic rings. The Morgan fingerprint density at radius 2 is 1.94 bits per heavy atom. The van der Waals surface area contributed by atoms with Crippen molar-refractivity contribution in [3.63, 3.8) is 0 Å². The van der Waals surface area contributed by atoms with Gasteiger partial charge >= 0.3 is 6.03 Å². The van der Waals surface area contributed by atoms with E-state index < -0.39 is 5.79 Å². The Bertz CT molecular complexity index is 1070. The summed E-state index contributed by atoms with van der Waals surface area (Å²) < 4.78 is 23.2. The highest BCUT2D eigenvalue weighted by atomic mass is 16.7. The summed E-state index contributed by atoms with van der Waals surface area (Å²) in [5.41, 5.74) is 2.65. The van der Waals surface area contributed by atoms with Gasteiger partial charge in [0.1, 0.15) is 17.3 Å². The lowest BCUT2D eigenvalue weighted by atomic mass is 10.0. The number of hydrogen-bond acceptors (Lipinski definition) is 5. The number of rotatable bonds is 3. The van der Waals surface area contributed by atoms with Crippen molar-refractivity contribution in [3.05, 3.63) is 66.4 Å². The number of furan rings is 1. The topological polar surface area (TPSA) is 73.2 Å². The molecule has 7 heteroatoms. The molecule has 1 spiro atoms. The Morgan fingerprint density at radius 3 is 2.71 bits per heavy atom. The minimum atomic E-state index is -0.694. The van der Waals surface area contributed by atoms with Crippen LogP contribution in [-0.4, -0.2) is 36.9 Å². The first kappa shape index (κ1) is 19.5. The SMILES string of the molecule is COc1ccccc1NC(=O)N1CCC2(CC1)OCc1cc(-c3ccco3)ccc1O2. The van der Waals surface area contributed by atoms with E-state index in [1.807, 2.05) is 54.6 Å². The van der Waals surface area contributed by atoms with Gasteiger partial charge in [0.15, 0.2) is 0 Å². The van der Waals surface area contributed by atoms with Gasteiger partial charge in [-0.1, -0.05) is 12.1 Å². The second-order valence-corrected chi connectivity index (χ2v) is 7.72. The zero-order chi connectivity index (χ0) is 21.3. The van der Waals surface area contributed by atoms with E-state index in [1.165, 1.54) is 0 Å². The van der Waals surface area contributed by atoms with E-state index in [1.54, 1.807) is 18.3 Å². The monoisotopic (exact) mass is 420 g/mol. The Hall–Kier alpha value is -3.45. The minimum absolute atomic E-state index is 0.154. The molecule has 3 aromatic rings. The highest BCUT2D eigenvalue weighted by Gasteiger charge is 2.42. The van der Waals surface area contributed by atoms with E-state index in [9.17, 15) is 4.79 Å². The first-order chi connectivity index (χ1) is 15.2. The molecule has 1 aromatic heterocycles. The van der Waals surface area contributed by atoms with Crippen molar-refractivity contribution in [2.45, 2.75) is 25.2 Å². The maximum absolute atomic E-state index is 12.7. The summed E-state index contributed by atoms with van der Waals surface area (Å²) in [6, 6.07) is 17.0. The highest BCUT2D eigenvalue weighted by molar-refractivity contribution is 5.91. The maximum Gasteiger partial charge on any atom is 0.321 e. The van der Waals surface area contributed by atoms with Crippen molar-refractivity contribution >= 4 is 11.7 Å². The van der Waals surface area contributed by atoms with Crippen LogP contribution in [0.2, 0.25) is 0 Å². The Kier molecular flexibility index (Phi) is 5.03. The molecular weight excluding hydrogens is 396 g/mol. The Labute approximate surface area is 180 Å². The molecule has 0 radical (unpaired) electrons. The molecule has 2 aromatic carbocycles.